The number of benzene rings is 2. The van der Waals surface area contributed by atoms with Gasteiger partial charge < -0.3 is 19.3 Å². The van der Waals surface area contributed by atoms with Gasteiger partial charge in [-0.15, -0.1) is 0 Å². The van der Waals surface area contributed by atoms with Crippen LogP contribution in [0, 0.1) is 0 Å². The molecular formula is C16H17BrO4. The fourth-order valence-electron chi connectivity index (χ4n) is 1.90. The molecule has 0 aliphatic carbocycles. The Morgan fingerprint density at radius 1 is 0.952 bits per heavy atom. The third-order valence-corrected chi connectivity index (χ3v) is 3.53. The van der Waals surface area contributed by atoms with Gasteiger partial charge in [-0.1, -0.05) is 28.1 Å². The molecule has 2 rings (SSSR count). The maximum Gasteiger partial charge on any atom is 0.203 e. The van der Waals surface area contributed by atoms with Gasteiger partial charge in [0.05, 0.1) is 20.8 Å². The van der Waals surface area contributed by atoms with Crippen LogP contribution in [0.3, 0.4) is 0 Å². The lowest BCUT2D eigenvalue weighted by atomic mass is 10.2. The third kappa shape index (κ3) is 3.89. The van der Waals surface area contributed by atoms with Crippen molar-refractivity contribution in [3.8, 4) is 17.2 Å². The molecule has 5 heteroatoms. The van der Waals surface area contributed by atoms with Crippen LogP contribution in [0.15, 0.2) is 40.9 Å². The van der Waals surface area contributed by atoms with E-state index >= 15 is 0 Å². The number of halogens is 1. The maximum atomic E-state index is 9.25. The molecule has 0 aromatic heterocycles. The Labute approximate surface area is 132 Å². The molecule has 0 saturated heterocycles. The van der Waals surface area contributed by atoms with Crippen LogP contribution in [-0.2, 0) is 13.2 Å². The Balaban J connectivity index is 2.23. The van der Waals surface area contributed by atoms with Crippen LogP contribution < -0.4 is 14.2 Å². The first-order valence-corrected chi connectivity index (χ1v) is 7.20. The van der Waals surface area contributed by atoms with Crippen LogP contribution in [0.1, 0.15) is 11.1 Å². The van der Waals surface area contributed by atoms with Gasteiger partial charge in [0.15, 0.2) is 11.5 Å². The first kappa shape index (κ1) is 15.7. The molecule has 0 heterocycles. The molecule has 0 aliphatic rings. The zero-order valence-corrected chi connectivity index (χ0v) is 13.5. The van der Waals surface area contributed by atoms with Crippen LogP contribution in [0.5, 0.6) is 17.2 Å². The monoisotopic (exact) mass is 352 g/mol. The Morgan fingerprint density at radius 2 is 1.52 bits per heavy atom. The lowest BCUT2D eigenvalue weighted by Gasteiger charge is -2.15. The normalized spacial score (nSPS) is 10.3. The number of rotatable bonds is 6. The van der Waals surface area contributed by atoms with E-state index < -0.39 is 0 Å². The second kappa shape index (κ2) is 7.33. The molecule has 1 N–H and O–H groups in total. The highest BCUT2D eigenvalue weighted by Gasteiger charge is 2.14. The van der Waals surface area contributed by atoms with Crippen molar-refractivity contribution in [2.75, 3.05) is 14.2 Å². The summed E-state index contributed by atoms with van der Waals surface area (Å²) in [5.41, 5.74) is 1.74. The molecule has 4 nitrogen and oxygen atoms in total. The number of aliphatic hydroxyl groups is 1. The van der Waals surface area contributed by atoms with E-state index in [4.69, 9.17) is 14.2 Å². The number of methoxy groups -OCH3 is 2. The van der Waals surface area contributed by atoms with Gasteiger partial charge in [-0.05, 0) is 35.4 Å². The Morgan fingerprint density at radius 3 is 2.00 bits per heavy atom. The van der Waals surface area contributed by atoms with Crippen molar-refractivity contribution in [1.29, 1.82) is 0 Å². The zero-order chi connectivity index (χ0) is 15.2. The average molecular weight is 353 g/mol. The Kier molecular flexibility index (Phi) is 5.47. The van der Waals surface area contributed by atoms with E-state index in [9.17, 15) is 5.11 Å². The van der Waals surface area contributed by atoms with Gasteiger partial charge in [0, 0.05) is 4.47 Å². The van der Waals surface area contributed by atoms with Crippen LogP contribution in [0.25, 0.3) is 0 Å². The summed E-state index contributed by atoms with van der Waals surface area (Å²) in [7, 11) is 3.12. The van der Waals surface area contributed by atoms with E-state index in [0.29, 0.717) is 29.4 Å². The molecule has 0 aliphatic heterocycles. The number of hydrogen-bond donors (Lipinski definition) is 1. The molecule has 2 aromatic carbocycles. The van der Waals surface area contributed by atoms with E-state index in [1.54, 1.807) is 26.4 Å². The predicted molar refractivity (Wildman–Crippen MR) is 83.9 cm³/mol. The first-order chi connectivity index (χ1) is 10.2. The minimum atomic E-state index is -0.0836. The van der Waals surface area contributed by atoms with Crippen molar-refractivity contribution in [3.05, 3.63) is 52.0 Å². The predicted octanol–water partition coefficient (Wildman–Crippen LogP) is 3.54. The summed E-state index contributed by atoms with van der Waals surface area (Å²) < 4.78 is 17.5. The average Bonchev–Trinajstić information content (AvgIpc) is 2.53. The molecule has 0 amide bonds. The second-order valence-electron chi connectivity index (χ2n) is 4.40. The fraction of sp³-hybridized carbons (Fsp3) is 0.250. The van der Waals surface area contributed by atoms with Crippen molar-refractivity contribution >= 4 is 15.9 Å². The Bertz CT molecular complexity index is 571. The van der Waals surface area contributed by atoms with Crippen molar-refractivity contribution < 1.29 is 19.3 Å². The van der Waals surface area contributed by atoms with Crippen molar-refractivity contribution in [1.82, 2.24) is 0 Å². The molecule has 0 fully saturated rings. The SMILES string of the molecule is COc1cc(CO)cc(OC)c1OCc1ccc(Br)cc1. The van der Waals surface area contributed by atoms with Gasteiger partial charge in [-0.25, -0.2) is 0 Å². The molecule has 0 saturated carbocycles. The van der Waals surface area contributed by atoms with Gasteiger partial charge in [0.1, 0.15) is 6.61 Å². The summed E-state index contributed by atoms with van der Waals surface area (Å²) in [4.78, 5) is 0. The summed E-state index contributed by atoms with van der Waals surface area (Å²) >= 11 is 3.40. The summed E-state index contributed by atoms with van der Waals surface area (Å²) in [6.45, 7) is 0.318. The minimum absolute atomic E-state index is 0.0836. The van der Waals surface area contributed by atoms with Crippen molar-refractivity contribution in [3.63, 3.8) is 0 Å². The Hall–Kier alpha value is -1.72. The molecule has 0 spiro atoms. The van der Waals surface area contributed by atoms with Crippen molar-refractivity contribution in [2.45, 2.75) is 13.2 Å². The fourth-order valence-corrected chi connectivity index (χ4v) is 2.17. The second-order valence-corrected chi connectivity index (χ2v) is 5.32. The van der Waals surface area contributed by atoms with Crippen LogP contribution >= 0.6 is 15.9 Å². The summed E-state index contributed by atoms with van der Waals surface area (Å²) in [5, 5.41) is 9.25. The molecule has 112 valence electrons. The quantitative estimate of drug-likeness (QED) is 0.863. The van der Waals surface area contributed by atoms with E-state index in [0.717, 1.165) is 10.0 Å². The number of ether oxygens (including phenoxy) is 3. The highest BCUT2D eigenvalue weighted by Crippen LogP contribution is 2.39. The number of aliphatic hydroxyl groups excluding tert-OH is 1. The number of hydrogen-bond acceptors (Lipinski definition) is 4. The van der Waals surface area contributed by atoms with Crippen molar-refractivity contribution in [2.24, 2.45) is 0 Å². The molecule has 2 aromatic rings. The van der Waals surface area contributed by atoms with Gasteiger partial charge in [-0.2, -0.15) is 0 Å². The minimum Gasteiger partial charge on any atom is -0.493 e. The highest BCUT2D eigenvalue weighted by atomic mass is 79.9. The van der Waals surface area contributed by atoms with E-state index in [-0.39, 0.29) is 6.61 Å². The van der Waals surface area contributed by atoms with E-state index in [1.807, 2.05) is 24.3 Å². The summed E-state index contributed by atoms with van der Waals surface area (Å²) in [5.74, 6) is 1.60. The van der Waals surface area contributed by atoms with Crippen LogP contribution in [0.4, 0.5) is 0 Å². The molecule has 0 radical (unpaired) electrons. The molecule has 0 unspecified atom stereocenters. The summed E-state index contributed by atoms with van der Waals surface area (Å²) in [6, 6.07) is 11.3. The first-order valence-electron chi connectivity index (χ1n) is 6.41. The van der Waals surface area contributed by atoms with Gasteiger partial charge in [0.25, 0.3) is 0 Å². The van der Waals surface area contributed by atoms with E-state index in [2.05, 4.69) is 15.9 Å². The van der Waals surface area contributed by atoms with Crippen LogP contribution in [-0.4, -0.2) is 19.3 Å². The highest BCUT2D eigenvalue weighted by molar-refractivity contribution is 9.10. The van der Waals surface area contributed by atoms with Gasteiger partial charge in [0.2, 0.25) is 5.75 Å². The lowest BCUT2D eigenvalue weighted by Crippen LogP contribution is -2.01. The van der Waals surface area contributed by atoms with E-state index in [1.165, 1.54) is 0 Å². The smallest absolute Gasteiger partial charge is 0.203 e. The van der Waals surface area contributed by atoms with Crippen LogP contribution in [0.2, 0.25) is 0 Å². The standard InChI is InChI=1S/C16H17BrO4/c1-19-14-7-12(9-18)8-15(20-2)16(14)21-10-11-3-5-13(17)6-4-11/h3-8,18H,9-10H2,1-2H3. The topological polar surface area (TPSA) is 47.9 Å². The molecular weight excluding hydrogens is 336 g/mol. The molecule has 0 atom stereocenters. The lowest BCUT2D eigenvalue weighted by molar-refractivity contribution is 0.260. The van der Waals surface area contributed by atoms with Gasteiger partial charge >= 0.3 is 0 Å². The molecule has 21 heavy (non-hydrogen) atoms. The molecule has 0 bridgehead atoms. The largest absolute Gasteiger partial charge is 0.493 e. The van der Waals surface area contributed by atoms with Gasteiger partial charge in [-0.3, -0.25) is 0 Å². The zero-order valence-electron chi connectivity index (χ0n) is 11.9. The maximum absolute atomic E-state index is 9.25. The third-order valence-electron chi connectivity index (χ3n) is 3.00. The summed E-state index contributed by atoms with van der Waals surface area (Å²) in [6.07, 6.45) is 0.